The van der Waals surface area contributed by atoms with Crippen LogP contribution in [0.1, 0.15) is 119 Å². The summed E-state index contributed by atoms with van der Waals surface area (Å²) in [5, 5.41) is 4.37. The average Bonchev–Trinajstić information content (AvgIpc) is 3.43. The number of nitrogens with zero attached hydrogens (tertiary/aromatic N) is 3. The van der Waals surface area contributed by atoms with Crippen molar-refractivity contribution in [1.82, 2.24) is 10.1 Å². The van der Waals surface area contributed by atoms with Crippen molar-refractivity contribution in [2.45, 2.75) is 125 Å². The van der Waals surface area contributed by atoms with E-state index in [4.69, 9.17) is 20.8 Å². The van der Waals surface area contributed by atoms with Gasteiger partial charge in [-0.1, -0.05) is 65.3 Å². The molecule has 44 heavy (non-hydrogen) atoms. The Labute approximate surface area is 263 Å². The van der Waals surface area contributed by atoms with Crippen LogP contribution in [0.2, 0.25) is 0 Å². The lowest BCUT2D eigenvalue weighted by molar-refractivity contribution is -0.166. The van der Waals surface area contributed by atoms with Crippen LogP contribution in [-0.4, -0.2) is 27.3 Å². The fourth-order valence-corrected chi connectivity index (χ4v) is 11.0. The van der Waals surface area contributed by atoms with Crippen LogP contribution in [0.3, 0.4) is 0 Å². The lowest BCUT2D eigenvalue weighted by Crippen LogP contribution is -2.66. The number of hydrogen-bond donors (Lipinski definition) is 0. The van der Waals surface area contributed by atoms with Crippen LogP contribution in [0.25, 0.3) is 4.85 Å². The van der Waals surface area contributed by atoms with Crippen LogP contribution in [-0.2, 0) is 26.3 Å². The highest BCUT2D eigenvalue weighted by molar-refractivity contribution is 6.03. The van der Waals surface area contributed by atoms with Crippen molar-refractivity contribution in [2.24, 2.45) is 51.2 Å². The van der Waals surface area contributed by atoms with E-state index in [1.165, 1.54) is 0 Å². The maximum absolute atomic E-state index is 14.8. The number of carbonyl (C=O) groups is 2. The molecule has 3 fully saturated rings. The smallest absolute Gasteiger partial charge is 0.233 e. The van der Waals surface area contributed by atoms with Crippen LogP contribution < -0.4 is 0 Å². The summed E-state index contributed by atoms with van der Waals surface area (Å²) < 4.78 is 12.1. The summed E-state index contributed by atoms with van der Waals surface area (Å²) >= 11 is 0. The Morgan fingerprint density at radius 3 is 2.41 bits per heavy atom. The second-order valence-electron chi connectivity index (χ2n) is 17.2. The monoisotopic (exact) mass is 601 g/mol. The number of ether oxygens (including phenoxy) is 1. The van der Waals surface area contributed by atoms with Gasteiger partial charge in [0, 0.05) is 16.7 Å². The standard InChI is InChI=1S/C37H51N3O4/c1-21-12-15-37(31-39-27(40-44-31)20-43-32(3,4)5)17-16-36(10)29(28(37)22(21)2)24(41)18-26-34(8)19-23(38-11)30(42)33(6,7)25(34)13-14-35(26,36)9/h18-19,21-22,25,28-29H,12-17,20H2,1-10H3/t21-,22+,25+,28+,29-,34+,35-,36-,37+/m1/s1. The van der Waals surface area contributed by atoms with E-state index >= 15 is 0 Å². The van der Waals surface area contributed by atoms with Gasteiger partial charge < -0.3 is 14.1 Å². The lowest BCUT2D eigenvalue weighted by atomic mass is 9.34. The molecule has 0 aromatic carbocycles. The molecule has 9 atom stereocenters. The molecule has 0 bridgehead atoms. The Kier molecular flexibility index (Phi) is 6.93. The second-order valence-corrected chi connectivity index (χ2v) is 17.2. The van der Waals surface area contributed by atoms with E-state index in [-0.39, 0.29) is 56.9 Å². The van der Waals surface area contributed by atoms with Gasteiger partial charge in [0.2, 0.25) is 11.6 Å². The Balaban J connectivity index is 1.47. The number of ketones is 2. The summed E-state index contributed by atoms with van der Waals surface area (Å²) in [5.74, 6) is 2.11. The molecule has 7 heteroatoms. The molecule has 1 aromatic rings. The van der Waals surface area contributed by atoms with Crippen molar-refractivity contribution in [3.05, 3.63) is 46.6 Å². The van der Waals surface area contributed by atoms with Gasteiger partial charge >= 0.3 is 0 Å². The van der Waals surface area contributed by atoms with Gasteiger partial charge in [0.15, 0.2) is 17.4 Å². The third-order valence-electron chi connectivity index (χ3n) is 13.7. The first-order chi connectivity index (χ1) is 20.4. The average molecular weight is 602 g/mol. The predicted octanol–water partition coefficient (Wildman–Crippen LogP) is 8.06. The topological polar surface area (TPSA) is 86.7 Å². The number of carbonyl (C=O) groups excluding carboxylic acids is 2. The van der Waals surface area contributed by atoms with Gasteiger partial charge in [-0.3, -0.25) is 4.79 Å². The zero-order valence-electron chi connectivity index (χ0n) is 28.5. The molecule has 0 saturated heterocycles. The third-order valence-corrected chi connectivity index (χ3v) is 13.7. The minimum Gasteiger partial charge on any atom is -0.368 e. The van der Waals surface area contributed by atoms with Crippen LogP contribution in [0.15, 0.2) is 27.9 Å². The number of allylic oxidation sites excluding steroid dienone is 4. The summed E-state index contributed by atoms with van der Waals surface area (Å²) in [6, 6.07) is 0. The first-order valence-corrected chi connectivity index (χ1v) is 16.7. The van der Waals surface area contributed by atoms with Gasteiger partial charge in [0.1, 0.15) is 6.61 Å². The van der Waals surface area contributed by atoms with Crippen LogP contribution in [0.4, 0.5) is 0 Å². The Morgan fingerprint density at radius 2 is 1.75 bits per heavy atom. The molecule has 1 heterocycles. The molecule has 5 aliphatic rings. The fourth-order valence-electron chi connectivity index (χ4n) is 11.0. The number of fused-ring (bicyclic) bond motifs is 7. The third kappa shape index (κ3) is 4.08. The first kappa shape index (κ1) is 31.4. The predicted molar refractivity (Wildman–Crippen MR) is 168 cm³/mol. The normalized spacial score (nSPS) is 43.1. The molecule has 6 rings (SSSR count). The Morgan fingerprint density at radius 1 is 1.05 bits per heavy atom. The van der Waals surface area contributed by atoms with Crippen LogP contribution in [0, 0.1) is 57.8 Å². The van der Waals surface area contributed by atoms with Gasteiger partial charge in [0.05, 0.1) is 17.6 Å². The van der Waals surface area contributed by atoms with Crippen molar-refractivity contribution in [1.29, 1.82) is 0 Å². The van der Waals surface area contributed by atoms with Crippen molar-refractivity contribution >= 4 is 11.6 Å². The zero-order valence-corrected chi connectivity index (χ0v) is 28.5. The number of aromatic nitrogens is 2. The Hall–Kier alpha value is -2.59. The highest BCUT2D eigenvalue weighted by Gasteiger charge is 2.71. The van der Waals surface area contributed by atoms with Crippen molar-refractivity contribution in [3.63, 3.8) is 0 Å². The van der Waals surface area contributed by atoms with Gasteiger partial charge in [0.25, 0.3) is 0 Å². The second kappa shape index (κ2) is 9.71. The maximum atomic E-state index is 14.8. The minimum atomic E-state index is -0.659. The quantitative estimate of drug-likeness (QED) is 0.326. The minimum absolute atomic E-state index is 0.0451. The van der Waals surface area contributed by atoms with Crippen LogP contribution in [0.5, 0.6) is 0 Å². The van der Waals surface area contributed by atoms with Crippen molar-refractivity contribution in [3.8, 4) is 0 Å². The number of rotatable bonds is 3. The lowest BCUT2D eigenvalue weighted by Gasteiger charge is -2.69. The largest absolute Gasteiger partial charge is 0.368 e. The van der Waals surface area contributed by atoms with E-state index in [2.05, 4.69) is 44.6 Å². The van der Waals surface area contributed by atoms with Crippen molar-refractivity contribution in [2.75, 3.05) is 0 Å². The van der Waals surface area contributed by atoms with Gasteiger partial charge in [-0.15, -0.1) is 0 Å². The molecule has 0 aliphatic heterocycles. The Bertz CT molecular complexity index is 1500. The highest BCUT2D eigenvalue weighted by atomic mass is 16.5. The SMILES string of the molecule is [C-]#[N+]C1=C[C@]2(C)C3=CC(=O)[C@@H]4[C@@H]5[C@@H](C)[C@H](C)CC[C@]5(c5nc(COC(C)(C)C)no5)CC[C@@]4(C)[C@]3(C)CC[C@H]2C(C)(C)C1=O. The molecule has 0 spiro atoms. The summed E-state index contributed by atoms with van der Waals surface area (Å²) in [7, 11) is 0. The molecule has 0 N–H and O–H groups in total. The van der Waals surface area contributed by atoms with E-state index < -0.39 is 10.8 Å². The molecule has 0 unspecified atom stereocenters. The van der Waals surface area contributed by atoms with Gasteiger partial charge in [-0.25, -0.2) is 4.85 Å². The van der Waals surface area contributed by atoms with E-state index in [1.54, 1.807) is 0 Å². The summed E-state index contributed by atoms with van der Waals surface area (Å²) in [5.41, 5.74) is -1.01. The van der Waals surface area contributed by atoms with E-state index in [1.807, 2.05) is 46.8 Å². The van der Waals surface area contributed by atoms with Gasteiger partial charge in [-0.2, -0.15) is 4.98 Å². The highest BCUT2D eigenvalue weighted by Crippen LogP contribution is 2.74. The molecule has 3 saturated carbocycles. The molecular weight excluding hydrogens is 550 g/mol. The summed E-state index contributed by atoms with van der Waals surface area (Å²) in [4.78, 5) is 36.8. The molecule has 0 amide bonds. The zero-order chi connectivity index (χ0) is 32.3. The fraction of sp³-hybridized carbons (Fsp3) is 0.757. The molecule has 5 aliphatic carbocycles. The summed E-state index contributed by atoms with van der Waals surface area (Å²) in [6.07, 6.45) is 9.50. The molecule has 1 aromatic heterocycles. The van der Waals surface area contributed by atoms with Gasteiger partial charge in [-0.05, 0) is 99.9 Å². The molecule has 7 nitrogen and oxygen atoms in total. The van der Waals surface area contributed by atoms with Crippen molar-refractivity contribution < 1.29 is 18.8 Å². The van der Waals surface area contributed by atoms with E-state index in [0.29, 0.717) is 30.2 Å². The molecule has 0 radical (unpaired) electrons. The van der Waals surface area contributed by atoms with E-state index in [9.17, 15) is 9.59 Å². The first-order valence-electron chi connectivity index (χ1n) is 16.7. The van der Waals surface area contributed by atoms with E-state index in [0.717, 1.165) is 44.1 Å². The van der Waals surface area contributed by atoms with Crippen LogP contribution >= 0.6 is 0 Å². The molecule has 238 valence electrons. The maximum Gasteiger partial charge on any atom is 0.233 e. The number of hydrogen-bond acceptors (Lipinski definition) is 6. The summed E-state index contributed by atoms with van der Waals surface area (Å²) in [6.45, 7) is 29.8. The molecular formula is C37H51N3O4. The number of Topliss-reactive ketones (excluding diaryl/α,β-unsaturated/α-hetero) is 1.